The molecule has 0 aliphatic carbocycles. The van der Waals surface area contributed by atoms with Crippen molar-refractivity contribution >= 4 is 34.3 Å². The van der Waals surface area contributed by atoms with Gasteiger partial charge in [-0.15, -0.1) is 10.2 Å². The maximum absolute atomic E-state index is 6.52. The van der Waals surface area contributed by atoms with E-state index in [1.165, 1.54) is 6.33 Å². The predicted molar refractivity (Wildman–Crippen MR) is 126 cm³/mol. The Morgan fingerprint density at radius 3 is 2.42 bits per heavy atom. The molecule has 1 unspecified atom stereocenters. The Kier molecular flexibility index (Phi) is 5.31. The summed E-state index contributed by atoms with van der Waals surface area (Å²) in [6.07, 6.45) is 1.37. The SMILES string of the molecule is Cc1nnc(-c2c(N)ncnc2NC(C)c2nc3ccccc3nc2-c2ccccc2Cl)o1. The summed E-state index contributed by atoms with van der Waals surface area (Å²) in [6, 6.07) is 14.9. The van der Waals surface area contributed by atoms with Gasteiger partial charge in [-0.1, -0.05) is 41.9 Å². The smallest absolute Gasteiger partial charge is 0.255 e. The average molecular weight is 459 g/mol. The van der Waals surface area contributed by atoms with Crippen LogP contribution in [0.25, 0.3) is 33.7 Å². The number of nitrogens with zero attached hydrogens (tertiary/aromatic N) is 6. The number of aryl methyl sites for hydroxylation is 1. The molecule has 1 atom stereocenters. The van der Waals surface area contributed by atoms with Crippen molar-refractivity contribution in [1.29, 1.82) is 0 Å². The largest absolute Gasteiger partial charge is 0.421 e. The number of rotatable bonds is 5. The molecule has 33 heavy (non-hydrogen) atoms. The fourth-order valence-electron chi connectivity index (χ4n) is 3.56. The zero-order valence-corrected chi connectivity index (χ0v) is 18.6. The molecule has 0 spiro atoms. The van der Waals surface area contributed by atoms with Gasteiger partial charge in [0.2, 0.25) is 5.89 Å². The van der Waals surface area contributed by atoms with Crippen LogP contribution in [-0.2, 0) is 0 Å². The van der Waals surface area contributed by atoms with Crippen LogP contribution in [0.4, 0.5) is 11.6 Å². The van der Waals surface area contributed by atoms with Gasteiger partial charge in [0.25, 0.3) is 5.89 Å². The molecule has 0 bridgehead atoms. The summed E-state index contributed by atoms with van der Waals surface area (Å²) >= 11 is 6.52. The normalized spacial score (nSPS) is 12.1. The first-order valence-electron chi connectivity index (χ1n) is 10.2. The molecule has 0 amide bonds. The van der Waals surface area contributed by atoms with Crippen LogP contribution >= 0.6 is 11.6 Å². The van der Waals surface area contributed by atoms with Gasteiger partial charge in [0, 0.05) is 12.5 Å². The molecule has 3 aromatic heterocycles. The van der Waals surface area contributed by atoms with Crippen LogP contribution in [0.2, 0.25) is 5.02 Å². The molecule has 3 heterocycles. The fourth-order valence-corrected chi connectivity index (χ4v) is 3.78. The van der Waals surface area contributed by atoms with Crippen molar-refractivity contribution in [3.8, 4) is 22.7 Å². The Balaban J connectivity index is 1.63. The van der Waals surface area contributed by atoms with E-state index < -0.39 is 0 Å². The molecule has 2 aromatic carbocycles. The minimum absolute atomic E-state index is 0.222. The molecule has 0 aliphatic heterocycles. The van der Waals surface area contributed by atoms with E-state index in [0.717, 1.165) is 16.6 Å². The van der Waals surface area contributed by atoms with Crippen LogP contribution in [0.5, 0.6) is 0 Å². The summed E-state index contributed by atoms with van der Waals surface area (Å²) in [5, 5.41) is 11.9. The van der Waals surface area contributed by atoms with E-state index in [4.69, 9.17) is 31.7 Å². The van der Waals surface area contributed by atoms with Gasteiger partial charge in [-0.3, -0.25) is 0 Å². The number of para-hydroxylation sites is 2. The first-order chi connectivity index (χ1) is 16.0. The third-order valence-electron chi connectivity index (χ3n) is 5.11. The molecular weight excluding hydrogens is 440 g/mol. The van der Waals surface area contributed by atoms with Gasteiger partial charge >= 0.3 is 0 Å². The minimum Gasteiger partial charge on any atom is -0.421 e. The van der Waals surface area contributed by atoms with Crippen LogP contribution in [0.1, 0.15) is 24.6 Å². The van der Waals surface area contributed by atoms with E-state index in [0.29, 0.717) is 33.7 Å². The van der Waals surface area contributed by atoms with Crippen LogP contribution in [0.3, 0.4) is 0 Å². The zero-order valence-electron chi connectivity index (χ0n) is 17.8. The van der Waals surface area contributed by atoms with Crippen molar-refractivity contribution in [2.24, 2.45) is 0 Å². The van der Waals surface area contributed by atoms with Gasteiger partial charge in [0.1, 0.15) is 23.5 Å². The first kappa shape index (κ1) is 20.8. The number of nitrogens with two attached hydrogens (primary N) is 1. The molecule has 5 rings (SSSR count). The van der Waals surface area contributed by atoms with Crippen LogP contribution in [0, 0.1) is 6.92 Å². The maximum atomic E-state index is 6.52. The molecule has 0 radical (unpaired) electrons. The standard InChI is InChI=1S/C23H19ClN8O/c1-12(28-22-18(21(25)26-11-27-22)23-32-31-13(2)33-23)19-20(14-7-3-4-8-15(14)24)30-17-10-6-5-9-16(17)29-19/h3-12H,1-2H3,(H3,25,26,27,28). The number of anilines is 2. The maximum Gasteiger partial charge on any atom is 0.255 e. The van der Waals surface area contributed by atoms with E-state index >= 15 is 0 Å². The summed E-state index contributed by atoms with van der Waals surface area (Å²) in [7, 11) is 0. The highest BCUT2D eigenvalue weighted by atomic mass is 35.5. The van der Waals surface area contributed by atoms with E-state index in [1.807, 2.05) is 55.5 Å². The van der Waals surface area contributed by atoms with Gasteiger partial charge in [0.15, 0.2) is 0 Å². The number of benzene rings is 2. The zero-order chi connectivity index (χ0) is 22.9. The van der Waals surface area contributed by atoms with E-state index in [9.17, 15) is 0 Å². The Morgan fingerprint density at radius 1 is 0.970 bits per heavy atom. The highest BCUT2D eigenvalue weighted by molar-refractivity contribution is 6.33. The Hall–Kier alpha value is -4.11. The van der Waals surface area contributed by atoms with Crippen LogP contribution in [-0.4, -0.2) is 30.1 Å². The highest BCUT2D eigenvalue weighted by Crippen LogP contribution is 2.35. The van der Waals surface area contributed by atoms with Crippen molar-refractivity contribution in [3.05, 3.63) is 71.5 Å². The minimum atomic E-state index is -0.328. The Morgan fingerprint density at radius 2 is 1.70 bits per heavy atom. The lowest BCUT2D eigenvalue weighted by molar-refractivity contribution is 0.532. The van der Waals surface area contributed by atoms with Crippen molar-refractivity contribution in [3.63, 3.8) is 0 Å². The van der Waals surface area contributed by atoms with Crippen LogP contribution in [0.15, 0.2) is 59.3 Å². The summed E-state index contributed by atoms with van der Waals surface area (Å²) < 4.78 is 5.58. The van der Waals surface area contributed by atoms with Crippen molar-refractivity contribution in [2.45, 2.75) is 19.9 Å². The number of nitrogens with one attached hydrogen (secondary N) is 1. The molecule has 0 fully saturated rings. The third-order valence-corrected chi connectivity index (χ3v) is 5.44. The number of aromatic nitrogens is 6. The van der Waals surface area contributed by atoms with Gasteiger partial charge in [0.05, 0.1) is 33.5 Å². The molecule has 9 nitrogen and oxygen atoms in total. The Bertz CT molecular complexity index is 1470. The van der Waals surface area contributed by atoms with E-state index in [2.05, 4.69) is 25.5 Å². The second-order valence-electron chi connectivity index (χ2n) is 7.40. The van der Waals surface area contributed by atoms with Crippen LogP contribution < -0.4 is 11.1 Å². The first-order valence-corrected chi connectivity index (χ1v) is 10.6. The highest BCUT2D eigenvalue weighted by Gasteiger charge is 2.23. The van der Waals surface area contributed by atoms with E-state index in [-0.39, 0.29) is 17.8 Å². The monoisotopic (exact) mass is 458 g/mol. The van der Waals surface area contributed by atoms with Gasteiger partial charge < -0.3 is 15.5 Å². The summed E-state index contributed by atoms with van der Waals surface area (Å²) in [6.45, 7) is 3.66. The van der Waals surface area contributed by atoms with Crippen molar-refractivity contribution in [2.75, 3.05) is 11.1 Å². The molecule has 0 saturated heterocycles. The fraction of sp³-hybridized carbons (Fsp3) is 0.130. The number of hydrogen-bond acceptors (Lipinski definition) is 9. The average Bonchev–Trinajstić information content (AvgIpc) is 3.24. The van der Waals surface area contributed by atoms with E-state index in [1.54, 1.807) is 6.92 Å². The van der Waals surface area contributed by atoms with Gasteiger partial charge in [-0.05, 0) is 25.1 Å². The molecular formula is C23H19ClN8O. The lowest BCUT2D eigenvalue weighted by Gasteiger charge is -2.19. The quantitative estimate of drug-likeness (QED) is 0.379. The predicted octanol–water partition coefficient (Wildman–Crippen LogP) is 4.85. The Labute approximate surface area is 194 Å². The molecule has 10 heteroatoms. The number of nitrogen functional groups attached to an aromatic ring is 1. The number of halogens is 1. The molecule has 164 valence electrons. The van der Waals surface area contributed by atoms with Gasteiger partial charge in [-0.2, -0.15) is 0 Å². The second kappa shape index (κ2) is 8.44. The third kappa shape index (κ3) is 3.94. The summed E-state index contributed by atoms with van der Waals surface area (Å²) in [4.78, 5) is 18.2. The van der Waals surface area contributed by atoms with Gasteiger partial charge in [-0.25, -0.2) is 19.9 Å². The lowest BCUT2D eigenvalue weighted by Crippen LogP contribution is -2.14. The topological polar surface area (TPSA) is 129 Å². The molecule has 0 saturated carbocycles. The lowest BCUT2D eigenvalue weighted by atomic mass is 10.0. The van der Waals surface area contributed by atoms with Crippen molar-refractivity contribution in [1.82, 2.24) is 30.1 Å². The molecule has 5 aromatic rings. The van der Waals surface area contributed by atoms with Crippen molar-refractivity contribution < 1.29 is 4.42 Å². The second-order valence-corrected chi connectivity index (χ2v) is 7.81. The number of fused-ring (bicyclic) bond motifs is 1. The summed E-state index contributed by atoms with van der Waals surface area (Å²) in [5.41, 5.74) is 10.3. The summed E-state index contributed by atoms with van der Waals surface area (Å²) in [5.74, 6) is 1.31. The number of hydrogen-bond donors (Lipinski definition) is 2. The molecule has 3 N–H and O–H groups in total. The molecule has 0 aliphatic rings.